The van der Waals surface area contributed by atoms with Crippen molar-refractivity contribution in [2.45, 2.75) is 63.6 Å². The number of para-hydroxylation sites is 1. The van der Waals surface area contributed by atoms with Crippen LogP contribution < -0.4 is 16.4 Å². The molecule has 12 heteroatoms. The van der Waals surface area contributed by atoms with Crippen LogP contribution in [0.15, 0.2) is 36.5 Å². The third-order valence-electron chi connectivity index (χ3n) is 9.86. The fourth-order valence-electron chi connectivity index (χ4n) is 7.15. The van der Waals surface area contributed by atoms with Crippen LogP contribution in [0.25, 0.3) is 0 Å². The largest absolute Gasteiger partial charge is 0.436 e. The molecule has 1 aromatic heterocycles. The monoisotopic (exact) mass is 618 g/mol. The highest BCUT2D eigenvalue weighted by molar-refractivity contribution is 5.91. The zero-order chi connectivity index (χ0) is 31.3. The van der Waals surface area contributed by atoms with Gasteiger partial charge >= 0.3 is 12.1 Å². The number of carbonyl (C=O) groups excluding carboxylic acids is 3. The number of pyridine rings is 1. The third-order valence-corrected chi connectivity index (χ3v) is 9.86. The molecule has 5 heterocycles. The van der Waals surface area contributed by atoms with Gasteiger partial charge in [0, 0.05) is 89.3 Å². The highest BCUT2D eigenvalue weighted by atomic mass is 16.6. The van der Waals surface area contributed by atoms with E-state index in [0.717, 1.165) is 67.8 Å². The molecular weight excluding hydrogens is 572 g/mol. The van der Waals surface area contributed by atoms with Gasteiger partial charge in [0.05, 0.1) is 0 Å². The molecule has 1 atom stereocenters. The third kappa shape index (κ3) is 7.33. The second-order valence-electron chi connectivity index (χ2n) is 12.7. The van der Waals surface area contributed by atoms with Crippen LogP contribution in [-0.4, -0.2) is 120 Å². The minimum absolute atomic E-state index is 0.0293. The summed E-state index contributed by atoms with van der Waals surface area (Å²) >= 11 is 0. The molecule has 2 aromatic rings. The number of likely N-dealkylation sites (tertiary alicyclic amines) is 2. The standard InChI is InChI=1S/C33H46N8O4/c1-23-20-24(22-36-30(23)34)21-29(31(42)39-13-7-26(8-14-39)38-18-11-35-12-19-38)45-33(44)40-15-9-27(10-16-40)41-17-6-25-4-2-3-5-28(25)37-32(41)43/h2-5,20,22,26-27,29,35H,6-19,21H2,1H3,(H2,34,36)(H,37,43)/t29-/m1/s1. The van der Waals surface area contributed by atoms with Gasteiger partial charge in [-0.3, -0.25) is 9.69 Å². The maximum Gasteiger partial charge on any atom is 0.410 e. The first-order chi connectivity index (χ1) is 21.9. The lowest BCUT2D eigenvalue weighted by atomic mass is 10.0. The number of rotatable bonds is 6. The molecule has 0 radical (unpaired) electrons. The number of hydrogen-bond donors (Lipinski definition) is 3. The van der Waals surface area contributed by atoms with E-state index in [1.165, 1.54) is 0 Å². The molecule has 0 bridgehead atoms. The van der Waals surface area contributed by atoms with Crippen LogP contribution in [0.4, 0.5) is 21.1 Å². The van der Waals surface area contributed by atoms with Gasteiger partial charge < -0.3 is 35.8 Å². The normalized spacial score (nSPS) is 21.1. The average Bonchev–Trinajstić information content (AvgIpc) is 3.24. The Labute approximate surface area is 265 Å². The molecule has 45 heavy (non-hydrogen) atoms. The first-order valence-corrected chi connectivity index (χ1v) is 16.4. The van der Waals surface area contributed by atoms with Crippen molar-refractivity contribution < 1.29 is 19.1 Å². The van der Waals surface area contributed by atoms with Gasteiger partial charge in [0.2, 0.25) is 0 Å². The van der Waals surface area contributed by atoms with Crippen LogP contribution in [-0.2, 0) is 22.4 Å². The second kappa shape index (κ2) is 14.0. The average molecular weight is 619 g/mol. The molecule has 3 saturated heterocycles. The summed E-state index contributed by atoms with van der Waals surface area (Å²) in [6.07, 6.45) is 4.36. The minimum atomic E-state index is -0.953. The fourth-order valence-corrected chi connectivity index (χ4v) is 7.15. The highest BCUT2D eigenvalue weighted by Crippen LogP contribution is 2.26. The summed E-state index contributed by atoms with van der Waals surface area (Å²) in [7, 11) is 0. The number of fused-ring (bicyclic) bond motifs is 1. The van der Waals surface area contributed by atoms with Crippen LogP contribution in [0.3, 0.4) is 0 Å². The van der Waals surface area contributed by atoms with Crippen molar-refractivity contribution in [3.63, 3.8) is 0 Å². The van der Waals surface area contributed by atoms with Gasteiger partial charge in [-0.25, -0.2) is 14.6 Å². The highest BCUT2D eigenvalue weighted by Gasteiger charge is 2.36. The molecule has 12 nitrogen and oxygen atoms in total. The predicted molar refractivity (Wildman–Crippen MR) is 172 cm³/mol. The number of ether oxygens (including phenoxy) is 1. The Hall–Kier alpha value is -3.90. The summed E-state index contributed by atoms with van der Waals surface area (Å²) in [5.74, 6) is 0.283. The minimum Gasteiger partial charge on any atom is -0.436 e. The molecule has 0 aliphatic carbocycles. The van der Waals surface area contributed by atoms with Crippen molar-refractivity contribution in [1.29, 1.82) is 0 Å². The molecule has 0 saturated carbocycles. The number of piperazine rings is 1. The number of nitrogens with two attached hydrogens (primary N) is 1. The zero-order valence-electron chi connectivity index (χ0n) is 26.2. The van der Waals surface area contributed by atoms with Crippen LogP contribution in [0.1, 0.15) is 42.4 Å². The van der Waals surface area contributed by atoms with E-state index in [9.17, 15) is 14.4 Å². The zero-order valence-corrected chi connectivity index (χ0v) is 26.2. The molecule has 0 unspecified atom stereocenters. The number of piperidine rings is 2. The number of nitrogens with one attached hydrogen (secondary N) is 2. The number of anilines is 2. The number of nitrogen functional groups attached to an aromatic ring is 1. The number of hydrogen-bond acceptors (Lipinski definition) is 8. The van der Waals surface area contributed by atoms with Gasteiger partial charge in [-0.1, -0.05) is 24.3 Å². The van der Waals surface area contributed by atoms with Gasteiger partial charge in [-0.2, -0.15) is 0 Å². The molecule has 3 fully saturated rings. The first-order valence-electron chi connectivity index (χ1n) is 16.4. The van der Waals surface area contributed by atoms with Crippen molar-refractivity contribution in [1.82, 2.24) is 29.9 Å². The second-order valence-corrected chi connectivity index (χ2v) is 12.7. The van der Waals surface area contributed by atoms with E-state index < -0.39 is 12.2 Å². The topological polar surface area (TPSA) is 136 Å². The Balaban J connectivity index is 1.07. The molecule has 4 aliphatic heterocycles. The Morgan fingerprint density at radius 1 is 0.978 bits per heavy atom. The number of urea groups is 1. The Kier molecular flexibility index (Phi) is 9.70. The Morgan fingerprint density at radius 3 is 2.40 bits per heavy atom. The van der Waals surface area contributed by atoms with Crippen LogP contribution in [0.5, 0.6) is 0 Å². The lowest BCUT2D eigenvalue weighted by Gasteiger charge is -2.41. The predicted octanol–water partition coefficient (Wildman–Crippen LogP) is 2.47. The maximum absolute atomic E-state index is 13.9. The summed E-state index contributed by atoms with van der Waals surface area (Å²) in [5.41, 5.74) is 9.56. The van der Waals surface area contributed by atoms with Crippen molar-refractivity contribution in [3.05, 3.63) is 53.2 Å². The summed E-state index contributed by atoms with van der Waals surface area (Å²) in [6, 6.07) is 10.2. The molecule has 242 valence electrons. The summed E-state index contributed by atoms with van der Waals surface area (Å²) < 4.78 is 6.01. The van der Waals surface area contributed by atoms with Crippen molar-refractivity contribution in [2.24, 2.45) is 0 Å². The van der Waals surface area contributed by atoms with Crippen molar-refractivity contribution >= 4 is 29.5 Å². The Morgan fingerprint density at radius 2 is 1.67 bits per heavy atom. The van der Waals surface area contributed by atoms with Crippen molar-refractivity contribution in [3.8, 4) is 0 Å². The van der Waals surface area contributed by atoms with E-state index in [2.05, 4.69) is 20.5 Å². The summed E-state index contributed by atoms with van der Waals surface area (Å²) in [6.45, 7) is 8.80. The molecule has 4 N–H and O–H groups in total. The first kappa shape index (κ1) is 31.1. The van der Waals surface area contributed by atoms with E-state index in [1.807, 2.05) is 47.1 Å². The Bertz CT molecular complexity index is 1370. The number of benzene rings is 1. The molecule has 1 aromatic carbocycles. The van der Waals surface area contributed by atoms with Gasteiger partial charge in [-0.15, -0.1) is 0 Å². The molecule has 0 spiro atoms. The van der Waals surface area contributed by atoms with E-state index in [-0.39, 0.29) is 24.4 Å². The SMILES string of the molecule is Cc1cc(C[C@@H](OC(=O)N2CCC(N3CCc4ccccc4NC3=O)CC2)C(=O)N2CCC(N3CCNCC3)CC2)cnc1N. The number of amides is 4. The van der Waals surface area contributed by atoms with Gasteiger partial charge in [0.15, 0.2) is 6.10 Å². The molecular formula is C33H46N8O4. The number of carbonyl (C=O) groups is 3. The van der Waals surface area contributed by atoms with Gasteiger partial charge in [-0.05, 0) is 61.8 Å². The van der Waals surface area contributed by atoms with E-state index in [1.54, 1.807) is 11.1 Å². The van der Waals surface area contributed by atoms with E-state index >= 15 is 0 Å². The van der Waals surface area contributed by atoms with E-state index in [4.69, 9.17) is 10.5 Å². The number of nitrogens with zero attached hydrogens (tertiary/aromatic N) is 5. The van der Waals surface area contributed by atoms with Crippen LogP contribution >= 0.6 is 0 Å². The lowest BCUT2D eigenvalue weighted by molar-refractivity contribution is -0.142. The summed E-state index contributed by atoms with van der Waals surface area (Å²) in [5, 5.41) is 6.45. The maximum atomic E-state index is 13.9. The molecule has 6 rings (SSSR count). The van der Waals surface area contributed by atoms with Crippen LogP contribution in [0, 0.1) is 6.92 Å². The summed E-state index contributed by atoms with van der Waals surface area (Å²) in [4.78, 5) is 52.7. The number of aromatic nitrogens is 1. The smallest absolute Gasteiger partial charge is 0.410 e. The van der Waals surface area contributed by atoms with Crippen molar-refractivity contribution in [2.75, 3.05) is 70.0 Å². The quantitative estimate of drug-likeness (QED) is 0.449. The van der Waals surface area contributed by atoms with Gasteiger partial charge in [0.1, 0.15) is 5.82 Å². The molecule has 4 aliphatic rings. The van der Waals surface area contributed by atoms with Gasteiger partial charge in [0.25, 0.3) is 5.91 Å². The van der Waals surface area contributed by atoms with Crippen LogP contribution in [0.2, 0.25) is 0 Å². The number of aryl methyl sites for hydroxylation is 1. The fraction of sp³-hybridized carbons (Fsp3) is 0.576. The lowest BCUT2D eigenvalue weighted by Crippen LogP contribution is -2.54. The molecule has 4 amide bonds. The van der Waals surface area contributed by atoms with E-state index in [0.29, 0.717) is 57.4 Å².